The van der Waals surface area contributed by atoms with E-state index in [9.17, 15) is 9.59 Å². The minimum atomic E-state index is -0.274. The number of Topliss-reactive ketones (excluding diaryl/α,β-unsaturated/α-hetero) is 1. The summed E-state index contributed by atoms with van der Waals surface area (Å²) in [5.41, 5.74) is 0.541. The van der Waals surface area contributed by atoms with Gasteiger partial charge in [0, 0.05) is 32.1 Å². The van der Waals surface area contributed by atoms with Crippen molar-refractivity contribution in [2.45, 2.75) is 32.9 Å². The van der Waals surface area contributed by atoms with E-state index in [0.29, 0.717) is 5.69 Å². The number of pyridine rings is 1. The normalized spacial score (nSPS) is 18.5. The summed E-state index contributed by atoms with van der Waals surface area (Å²) in [6.07, 6.45) is 2.98. The monoisotopic (exact) mass is 276 g/mol. The van der Waals surface area contributed by atoms with Crippen molar-refractivity contribution in [1.29, 1.82) is 0 Å². The molecule has 1 aliphatic rings. The molecular formula is C15H20N2O3. The Morgan fingerprint density at radius 3 is 2.60 bits per heavy atom. The third-order valence-corrected chi connectivity index (χ3v) is 3.67. The average Bonchev–Trinajstić information content (AvgIpc) is 2.47. The Hall–Kier alpha value is -1.75. The van der Waals surface area contributed by atoms with Gasteiger partial charge in [0.05, 0.1) is 0 Å². The van der Waals surface area contributed by atoms with Gasteiger partial charge in [-0.1, -0.05) is 6.07 Å². The smallest absolute Gasteiger partial charge is 0.304 e. The van der Waals surface area contributed by atoms with Gasteiger partial charge in [-0.2, -0.15) is 0 Å². The fourth-order valence-corrected chi connectivity index (χ4v) is 2.56. The van der Waals surface area contributed by atoms with Gasteiger partial charge in [0.2, 0.25) is 0 Å². The fraction of sp³-hybridized carbons (Fsp3) is 0.533. The summed E-state index contributed by atoms with van der Waals surface area (Å²) in [5.74, 6) is -0.139. The molecule has 1 saturated heterocycles. The van der Waals surface area contributed by atoms with E-state index >= 15 is 0 Å². The molecule has 1 atom stereocenters. The Morgan fingerprint density at radius 2 is 2.05 bits per heavy atom. The van der Waals surface area contributed by atoms with Crippen molar-refractivity contribution in [3.05, 3.63) is 30.1 Å². The molecule has 0 aromatic carbocycles. The quantitative estimate of drug-likeness (QED) is 0.621. The van der Waals surface area contributed by atoms with Crippen LogP contribution in [0.1, 0.15) is 37.2 Å². The molecule has 1 aromatic rings. The molecule has 0 N–H and O–H groups in total. The van der Waals surface area contributed by atoms with Gasteiger partial charge < -0.3 is 4.74 Å². The van der Waals surface area contributed by atoms with Gasteiger partial charge in [-0.25, -0.2) is 0 Å². The van der Waals surface area contributed by atoms with Crippen molar-refractivity contribution in [2.24, 2.45) is 5.92 Å². The maximum Gasteiger partial charge on any atom is 0.304 e. The van der Waals surface area contributed by atoms with Crippen molar-refractivity contribution in [3.8, 4) is 0 Å². The first kappa shape index (κ1) is 14.7. The van der Waals surface area contributed by atoms with Gasteiger partial charge in [-0.05, 0) is 31.9 Å². The second-order valence-electron chi connectivity index (χ2n) is 5.10. The lowest BCUT2D eigenvalue weighted by Crippen LogP contribution is -2.43. The van der Waals surface area contributed by atoms with Crippen LogP contribution in [0.3, 0.4) is 0 Å². The molecule has 1 fully saturated rings. The molecule has 20 heavy (non-hydrogen) atoms. The van der Waals surface area contributed by atoms with Crippen LogP contribution in [0.2, 0.25) is 0 Å². The molecule has 1 aliphatic heterocycles. The van der Waals surface area contributed by atoms with Crippen molar-refractivity contribution in [3.63, 3.8) is 0 Å². The molecule has 0 aliphatic carbocycles. The van der Waals surface area contributed by atoms with Crippen LogP contribution in [0.15, 0.2) is 24.4 Å². The lowest BCUT2D eigenvalue weighted by molar-refractivity contribution is -0.155. The van der Waals surface area contributed by atoms with Gasteiger partial charge in [-0.15, -0.1) is 0 Å². The average molecular weight is 276 g/mol. The Labute approximate surface area is 118 Å². The molecule has 5 heteroatoms. The Morgan fingerprint density at radius 1 is 1.35 bits per heavy atom. The highest BCUT2D eigenvalue weighted by atomic mass is 16.6. The van der Waals surface area contributed by atoms with Crippen molar-refractivity contribution < 1.29 is 14.3 Å². The molecule has 0 amide bonds. The highest BCUT2D eigenvalue weighted by Crippen LogP contribution is 2.22. The number of piperidine rings is 1. The van der Waals surface area contributed by atoms with Crippen LogP contribution in [-0.4, -0.2) is 41.0 Å². The first-order valence-electron chi connectivity index (χ1n) is 6.94. The number of nitrogens with zero attached hydrogens (tertiary/aromatic N) is 2. The zero-order valence-corrected chi connectivity index (χ0v) is 11.9. The zero-order chi connectivity index (χ0) is 14.5. The Bertz CT molecular complexity index is 467. The number of ether oxygens (including phenoxy) is 1. The number of aromatic nitrogens is 1. The van der Waals surface area contributed by atoms with Crippen molar-refractivity contribution >= 4 is 11.8 Å². The minimum Gasteiger partial charge on any atom is -0.447 e. The molecule has 2 rings (SSSR count). The molecule has 2 heterocycles. The van der Waals surface area contributed by atoms with Crippen molar-refractivity contribution in [1.82, 2.24) is 9.88 Å². The molecule has 1 aromatic heterocycles. The van der Waals surface area contributed by atoms with Crippen LogP contribution in [0.5, 0.6) is 0 Å². The molecule has 5 nitrogen and oxygen atoms in total. The fourth-order valence-electron chi connectivity index (χ4n) is 2.56. The van der Waals surface area contributed by atoms with Crippen LogP contribution in [-0.2, 0) is 9.53 Å². The van der Waals surface area contributed by atoms with Gasteiger partial charge in [0.15, 0.2) is 12.0 Å². The predicted octanol–water partition coefficient (Wildman–Crippen LogP) is 1.89. The topological polar surface area (TPSA) is 59.5 Å². The van der Waals surface area contributed by atoms with E-state index in [1.807, 2.05) is 13.0 Å². The lowest BCUT2D eigenvalue weighted by atomic mass is 9.90. The number of esters is 1. The number of carbonyl (C=O) groups excluding carboxylic acids is 2. The summed E-state index contributed by atoms with van der Waals surface area (Å²) in [7, 11) is 0. The number of ketones is 1. The predicted molar refractivity (Wildman–Crippen MR) is 74.1 cm³/mol. The van der Waals surface area contributed by atoms with E-state index in [1.54, 1.807) is 18.3 Å². The molecule has 108 valence electrons. The number of rotatable bonds is 4. The van der Waals surface area contributed by atoms with E-state index in [2.05, 4.69) is 9.88 Å². The van der Waals surface area contributed by atoms with Crippen LogP contribution in [0.4, 0.5) is 0 Å². The van der Waals surface area contributed by atoms with Gasteiger partial charge in [-0.3, -0.25) is 19.5 Å². The third-order valence-electron chi connectivity index (χ3n) is 3.67. The maximum absolute atomic E-state index is 12.3. The standard InChI is InChI=1S/C15H20N2O3/c1-11(20-12(2)18)17-9-6-13(7-10-17)15(19)14-5-3-4-8-16-14/h3-5,8,11,13H,6-7,9-10H2,1-2H3. The Balaban J connectivity index is 1.88. The highest BCUT2D eigenvalue weighted by molar-refractivity contribution is 5.96. The summed E-state index contributed by atoms with van der Waals surface area (Å²) in [6, 6.07) is 5.40. The first-order chi connectivity index (χ1) is 9.58. The van der Waals surface area contributed by atoms with Gasteiger partial charge >= 0.3 is 5.97 Å². The third kappa shape index (κ3) is 3.63. The van der Waals surface area contributed by atoms with Crippen LogP contribution in [0.25, 0.3) is 0 Å². The van der Waals surface area contributed by atoms with Gasteiger partial charge in [0.1, 0.15) is 5.69 Å². The van der Waals surface area contributed by atoms with Crippen molar-refractivity contribution in [2.75, 3.05) is 13.1 Å². The molecule has 0 radical (unpaired) electrons. The van der Waals surface area contributed by atoms with Gasteiger partial charge in [0.25, 0.3) is 0 Å². The summed E-state index contributed by atoms with van der Waals surface area (Å²) in [4.78, 5) is 29.4. The number of carbonyl (C=O) groups is 2. The first-order valence-corrected chi connectivity index (χ1v) is 6.94. The summed E-state index contributed by atoms with van der Waals surface area (Å²) >= 11 is 0. The summed E-state index contributed by atoms with van der Waals surface area (Å²) in [6.45, 7) is 4.80. The molecular weight excluding hydrogens is 256 g/mol. The Kier molecular flexibility index (Phi) is 4.84. The van der Waals surface area contributed by atoms with E-state index < -0.39 is 0 Å². The lowest BCUT2D eigenvalue weighted by Gasteiger charge is -2.34. The van der Waals surface area contributed by atoms with E-state index in [4.69, 9.17) is 4.74 Å². The summed E-state index contributed by atoms with van der Waals surface area (Å²) < 4.78 is 5.16. The zero-order valence-electron chi connectivity index (χ0n) is 11.9. The molecule has 0 bridgehead atoms. The highest BCUT2D eigenvalue weighted by Gasteiger charge is 2.29. The second-order valence-corrected chi connectivity index (χ2v) is 5.10. The minimum absolute atomic E-state index is 0.0191. The number of hydrogen-bond acceptors (Lipinski definition) is 5. The SMILES string of the molecule is CC(=O)OC(C)N1CCC(C(=O)c2ccccn2)CC1. The van der Waals surface area contributed by atoms with E-state index in [0.717, 1.165) is 25.9 Å². The second kappa shape index (κ2) is 6.61. The largest absolute Gasteiger partial charge is 0.447 e. The molecule has 1 unspecified atom stereocenters. The van der Waals surface area contributed by atoms with Crippen LogP contribution >= 0.6 is 0 Å². The molecule has 0 saturated carbocycles. The maximum atomic E-state index is 12.3. The molecule has 0 spiro atoms. The van der Waals surface area contributed by atoms with E-state index in [1.165, 1.54) is 6.92 Å². The summed E-state index contributed by atoms with van der Waals surface area (Å²) in [5, 5.41) is 0. The number of likely N-dealkylation sites (tertiary alicyclic amines) is 1. The van der Waals surface area contributed by atoms with Crippen LogP contribution < -0.4 is 0 Å². The van der Waals surface area contributed by atoms with E-state index in [-0.39, 0.29) is 23.9 Å². The van der Waals surface area contributed by atoms with Crippen LogP contribution in [0, 0.1) is 5.92 Å². The number of hydrogen-bond donors (Lipinski definition) is 0.